The lowest BCUT2D eigenvalue weighted by Crippen LogP contribution is -2.29. The lowest BCUT2D eigenvalue weighted by atomic mass is 9.99. The van der Waals surface area contributed by atoms with Crippen molar-refractivity contribution >= 4 is 29.2 Å². The number of nitrogens with zero attached hydrogens (tertiary/aromatic N) is 5. The second-order valence-electron chi connectivity index (χ2n) is 8.74. The van der Waals surface area contributed by atoms with Gasteiger partial charge in [-0.15, -0.1) is 0 Å². The summed E-state index contributed by atoms with van der Waals surface area (Å²) in [6, 6.07) is 18.9. The van der Waals surface area contributed by atoms with Gasteiger partial charge in [-0.25, -0.2) is 9.78 Å². The van der Waals surface area contributed by atoms with Crippen LogP contribution in [0.5, 0.6) is 0 Å². The molecule has 0 spiro atoms. The minimum atomic E-state index is 0.0642. The molecule has 5 rings (SSSR count). The Morgan fingerprint density at radius 3 is 2.50 bits per heavy atom. The largest absolute Gasteiger partial charge is 0.326 e. The number of para-hydroxylation sites is 1. The summed E-state index contributed by atoms with van der Waals surface area (Å²) in [5.74, 6) is 0.924. The summed E-state index contributed by atoms with van der Waals surface area (Å²) < 4.78 is 2.24. The number of urea groups is 1. The summed E-state index contributed by atoms with van der Waals surface area (Å²) in [7, 11) is 1.83. The van der Waals surface area contributed by atoms with Crippen LogP contribution >= 0.6 is 0 Å². The van der Waals surface area contributed by atoms with Crippen LogP contribution in [-0.2, 0) is 13.1 Å². The van der Waals surface area contributed by atoms with Gasteiger partial charge in [0.15, 0.2) is 0 Å². The van der Waals surface area contributed by atoms with Crippen molar-refractivity contribution in [1.29, 1.82) is 0 Å². The number of amides is 2. The summed E-state index contributed by atoms with van der Waals surface area (Å²) in [6.07, 6.45) is 5.96. The molecule has 3 heterocycles. The Labute approximate surface area is 200 Å². The van der Waals surface area contributed by atoms with Crippen LogP contribution in [-0.4, -0.2) is 50.5 Å². The average molecular weight is 452 g/mol. The van der Waals surface area contributed by atoms with E-state index in [1.165, 1.54) is 11.1 Å². The molecule has 1 saturated heterocycles. The fourth-order valence-corrected chi connectivity index (χ4v) is 4.56. The topological polar surface area (TPSA) is 54.3 Å². The first-order valence-electron chi connectivity index (χ1n) is 11.7. The Morgan fingerprint density at radius 1 is 0.971 bits per heavy atom. The molecule has 2 amide bonds. The molecule has 1 aliphatic heterocycles. The van der Waals surface area contributed by atoms with Crippen molar-refractivity contribution < 1.29 is 4.79 Å². The molecule has 0 atom stereocenters. The molecular weight excluding hydrogens is 422 g/mol. The zero-order valence-electron chi connectivity index (χ0n) is 19.9. The molecule has 6 heteroatoms. The van der Waals surface area contributed by atoms with E-state index in [2.05, 4.69) is 71.9 Å². The van der Waals surface area contributed by atoms with Gasteiger partial charge in [-0.1, -0.05) is 42.5 Å². The molecule has 0 bridgehead atoms. The van der Waals surface area contributed by atoms with E-state index in [0.29, 0.717) is 6.54 Å². The highest BCUT2D eigenvalue weighted by Crippen LogP contribution is 2.31. The second-order valence-corrected chi connectivity index (χ2v) is 8.74. The molecule has 2 aromatic heterocycles. The van der Waals surface area contributed by atoms with Gasteiger partial charge >= 0.3 is 6.03 Å². The zero-order valence-corrected chi connectivity index (χ0v) is 19.9. The van der Waals surface area contributed by atoms with Gasteiger partial charge in [0, 0.05) is 38.4 Å². The van der Waals surface area contributed by atoms with Crippen LogP contribution in [0.2, 0.25) is 0 Å². The third kappa shape index (κ3) is 4.07. The highest BCUT2D eigenvalue weighted by atomic mass is 16.2. The van der Waals surface area contributed by atoms with Crippen LogP contribution in [0.25, 0.3) is 34.3 Å². The van der Waals surface area contributed by atoms with Gasteiger partial charge in [-0.2, -0.15) is 0 Å². The SMILES string of the molecule is CCn1c(/C=C/c2ccc(CN3CCN(C)C3=O)nc2)nc2c(-c3ccccc3C)cccc21. The number of likely N-dealkylation sites (N-methyl/N-ethyl adjacent to an activating group) is 1. The van der Waals surface area contributed by atoms with E-state index in [9.17, 15) is 4.79 Å². The Morgan fingerprint density at radius 2 is 1.79 bits per heavy atom. The maximum Gasteiger partial charge on any atom is 0.320 e. The summed E-state index contributed by atoms with van der Waals surface area (Å²) in [4.78, 5) is 25.3. The Bertz CT molecular complexity index is 1370. The lowest BCUT2D eigenvalue weighted by molar-refractivity contribution is 0.196. The first-order valence-corrected chi connectivity index (χ1v) is 11.7. The highest BCUT2D eigenvalue weighted by Gasteiger charge is 2.25. The molecule has 0 saturated carbocycles. The quantitative estimate of drug-likeness (QED) is 0.391. The molecule has 0 radical (unpaired) electrons. The van der Waals surface area contributed by atoms with Crippen LogP contribution < -0.4 is 0 Å². The van der Waals surface area contributed by atoms with Crippen molar-refractivity contribution in [3.05, 3.63) is 83.4 Å². The number of fused-ring (bicyclic) bond motifs is 1. The van der Waals surface area contributed by atoms with E-state index in [-0.39, 0.29) is 6.03 Å². The molecule has 4 aromatic rings. The number of rotatable bonds is 6. The summed E-state index contributed by atoms with van der Waals surface area (Å²) in [5, 5.41) is 0. The van der Waals surface area contributed by atoms with Gasteiger partial charge in [-0.05, 0) is 54.8 Å². The Hall–Kier alpha value is -3.93. The van der Waals surface area contributed by atoms with Crippen molar-refractivity contribution in [2.45, 2.75) is 26.9 Å². The molecule has 1 aliphatic rings. The predicted octanol–water partition coefficient (Wildman–Crippen LogP) is 5.46. The van der Waals surface area contributed by atoms with Gasteiger partial charge < -0.3 is 14.4 Å². The molecule has 0 N–H and O–H groups in total. The van der Waals surface area contributed by atoms with Crippen LogP contribution in [0, 0.1) is 6.92 Å². The van der Waals surface area contributed by atoms with Crippen LogP contribution in [0.4, 0.5) is 4.79 Å². The minimum absolute atomic E-state index is 0.0642. The number of carbonyl (C=O) groups is 1. The lowest BCUT2D eigenvalue weighted by Gasteiger charge is -2.15. The Balaban J connectivity index is 1.41. The monoisotopic (exact) mass is 451 g/mol. The van der Waals surface area contributed by atoms with Crippen LogP contribution in [0.15, 0.2) is 60.8 Å². The minimum Gasteiger partial charge on any atom is -0.326 e. The summed E-state index contributed by atoms with van der Waals surface area (Å²) in [5.41, 5.74) is 7.67. The zero-order chi connectivity index (χ0) is 23.7. The predicted molar refractivity (Wildman–Crippen MR) is 137 cm³/mol. The molecule has 172 valence electrons. The molecular formula is C28H29N5O. The van der Waals surface area contributed by atoms with E-state index >= 15 is 0 Å². The highest BCUT2D eigenvalue weighted by molar-refractivity contribution is 5.94. The van der Waals surface area contributed by atoms with Crippen molar-refractivity contribution in [3.63, 3.8) is 0 Å². The molecule has 34 heavy (non-hydrogen) atoms. The Kier molecular flexibility index (Phi) is 5.88. The standard InChI is InChI=1S/C28H29N5O/c1-4-33-25-11-7-10-24(23-9-6-5-8-20(23)2)27(25)30-26(33)15-13-21-12-14-22(29-18-21)19-32-17-16-31(3)28(32)34/h5-15,18H,4,16-17,19H2,1-3H3/b15-13+. The van der Waals surface area contributed by atoms with Crippen molar-refractivity contribution in [2.24, 2.45) is 0 Å². The van der Waals surface area contributed by atoms with Gasteiger partial charge in [0.05, 0.1) is 23.3 Å². The van der Waals surface area contributed by atoms with E-state index < -0.39 is 0 Å². The van der Waals surface area contributed by atoms with Crippen LogP contribution in [0.1, 0.15) is 29.6 Å². The number of carbonyl (C=O) groups excluding carboxylic acids is 1. The fourth-order valence-electron chi connectivity index (χ4n) is 4.56. The number of hydrogen-bond acceptors (Lipinski definition) is 3. The average Bonchev–Trinajstić information content (AvgIpc) is 3.38. The first kappa shape index (κ1) is 21.9. The van der Waals surface area contributed by atoms with Crippen molar-refractivity contribution in [2.75, 3.05) is 20.1 Å². The third-order valence-corrected chi connectivity index (χ3v) is 6.49. The normalized spacial score (nSPS) is 14.1. The fraction of sp³-hybridized carbons (Fsp3) is 0.250. The van der Waals surface area contributed by atoms with Gasteiger partial charge in [0.2, 0.25) is 0 Å². The number of imidazole rings is 1. The third-order valence-electron chi connectivity index (χ3n) is 6.49. The summed E-state index contributed by atoms with van der Waals surface area (Å²) >= 11 is 0. The maximum atomic E-state index is 12.1. The maximum absolute atomic E-state index is 12.1. The molecule has 0 unspecified atom stereocenters. The smallest absolute Gasteiger partial charge is 0.320 e. The number of hydrogen-bond donors (Lipinski definition) is 0. The van der Waals surface area contributed by atoms with E-state index in [0.717, 1.165) is 53.3 Å². The molecule has 1 fully saturated rings. The van der Waals surface area contributed by atoms with Gasteiger partial charge in [0.25, 0.3) is 0 Å². The molecule has 2 aromatic carbocycles. The second kappa shape index (κ2) is 9.14. The van der Waals surface area contributed by atoms with E-state index in [4.69, 9.17) is 4.98 Å². The number of pyridine rings is 1. The molecule has 6 nitrogen and oxygen atoms in total. The first-order chi connectivity index (χ1) is 16.5. The number of aromatic nitrogens is 3. The van der Waals surface area contributed by atoms with Crippen molar-refractivity contribution in [3.8, 4) is 11.1 Å². The van der Waals surface area contributed by atoms with Crippen LogP contribution in [0.3, 0.4) is 0 Å². The molecule has 0 aliphatic carbocycles. The number of benzene rings is 2. The van der Waals surface area contributed by atoms with E-state index in [1.54, 1.807) is 4.90 Å². The van der Waals surface area contributed by atoms with E-state index in [1.807, 2.05) is 36.4 Å². The van der Waals surface area contributed by atoms with Crippen molar-refractivity contribution in [1.82, 2.24) is 24.3 Å². The number of aryl methyl sites for hydroxylation is 2. The van der Waals surface area contributed by atoms with Gasteiger partial charge in [-0.3, -0.25) is 4.98 Å². The van der Waals surface area contributed by atoms with Gasteiger partial charge in [0.1, 0.15) is 5.82 Å². The summed E-state index contributed by atoms with van der Waals surface area (Å²) in [6.45, 7) is 7.18.